The van der Waals surface area contributed by atoms with Gasteiger partial charge in [-0.15, -0.1) is 0 Å². The maximum absolute atomic E-state index is 5.01. The van der Waals surface area contributed by atoms with Gasteiger partial charge in [-0.3, -0.25) is 0 Å². The van der Waals surface area contributed by atoms with E-state index in [1.807, 2.05) is 27.7 Å². The summed E-state index contributed by atoms with van der Waals surface area (Å²) in [5, 5.41) is 0. The molecule has 0 aliphatic rings. The van der Waals surface area contributed by atoms with Gasteiger partial charge in [0.2, 0.25) is 0 Å². The van der Waals surface area contributed by atoms with Crippen molar-refractivity contribution in [1.82, 2.24) is 0 Å². The van der Waals surface area contributed by atoms with Crippen LogP contribution in [-0.4, -0.2) is 80.3 Å². The van der Waals surface area contributed by atoms with Gasteiger partial charge in [-0.1, -0.05) is 7.43 Å². The second-order valence-electron chi connectivity index (χ2n) is 3.77. The molecule has 0 spiro atoms. The Hall–Kier alpha value is -0.240. The molecule has 0 amide bonds. The molecule has 0 atom stereocenters. The van der Waals surface area contributed by atoms with E-state index in [0.29, 0.717) is 26.4 Å². The molecule has 146 valence electrons. The minimum Gasteiger partial charge on any atom is -0.382 e. The predicted octanol–water partition coefficient (Wildman–Crippen LogP) is 3.03. The monoisotopic (exact) mass is 342 g/mol. The van der Waals surface area contributed by atoms with Crippen molar-refractivity contribution in [2.24, 2.45) is 0 Å². The van der Waals surface area contributed by atoms with Gasteiger partial charge in [0.05, 0.1) is 39.6 Å². The van der Waals surface area contributed by atoms with Crippen LogP contribution in [-0.2, 0) is 28.4 Å². The van der Waals surface area contributed by atoms with Gasteiger partial charge in [0.15, 0.2) is 0 Å². The third-order valence-electron chi connectivity index (χ3n) is 2.05. The van der Waals surface area contributed by atoms with E-state index in [1.165, 1.54) is 0 Å². The molecule has 0 fully saturated rings. The van der Waals surface area contributed by atoms with Crippen molar-refractivity contribution in [3.63, 3.8) is 0 Å². The molecular weight excluding hydrogens is 300 g/mol. The molecule has 0 aliphatic carbocycles. The Morgan fingerprint density at radius 3 is 0.826 bits per heavy atom. The van der Waals surface area contributed by atoms with Gasteiger partial charge in [-0.05, 0) is 27.7 Å². The molecule has 0 bridgehead atoms. The summed E-state index contributed by atoms with van der Waals surface area (Å²) in [7, 11) is 3.33. The van der Waals surface area contributed by atoms with E-state index < -0.39 is 0 Å². The number of ether oxygens (including phenoxy) is 6. The molecule has 0 rings (SSSR count). The van der Waals surface area contributed by atoms with Crippen LogP contribution in [0.25, 0.3) is 0 Å². The van der Waals surface area contributed by atoms with Gasteiger partial charge in [0.25, 0.3) is 0 Å². The van der Waals surface area contributed by atoms with Crippen LogP contribution in [0.4, 0.5) is 0 Å². The van der Waals surface area contributed by atoms with Gasteiger partial charge in [0.1, 0.15) is 0 Å². The maximum atomic E-state index is 5.01. The largest absolute Gasteiger partial charge is 0.382 e. The smallest absolute Gasteiger partial charge is 0.0700 e. The van der Waals surface area contributed by atoms with E-state index in [1.54, 1.807) is 14.2 Å². The van der Waals surface area contributed by atoms with Crippen molar-refractivity contribution < 1.29 is 28.4 Å². The minimum atomic E-state index is 0. The third kappa shape index (κ3) is 52.2. The summed E-state index contributed by atoms with van der Waals surface area (Å²) >= 11 is 0. The molecule has 0 aromatic rings. The van der Waals surface area contributed by atoms with Gasteiger partial charge in [0, 0.05) is 40.6 Å². The Balaban J connectivity index is -0.000000116. The number of hydrogen-bond acceptors (Lipinski definition) is 6. The summed E-state index contributed by atoms with van der Waals surface area (Å²) in [5.41, 5.74) is 0. The highest BCUT2D eigenvalue weighted by Crippen LogP contribution is 1.75. The van der Waals surface area contributed by atoms with Crippen molar-refractivity contribution >= 4 is 0 Å². The van der Waals surface area contributed by atoms with Gasteiger partial charge >= 0.3 is 0 Å². The van der Waals surface area contributed by atoms with Gasteiger partial charge in [-0.2, -0.15) is 0 Å². The molecule has 0 heterocycles. The van der Waals surface area contributed by atoms with Crippen LogP contribution in [0.3, 0.4) is 0 Å². The lowest BCUT2D eigenvalue weighted by atomic mass is 10.7. The van der Waals surface area contributed by atoms with E-state index >= 15 is 0 Å². The topological polar surface area (TPSA) is 55.4 Å². The van der Waals surface area contributed by atoms with E-state index in [-0.39, 0.29) is 7.43 Å². The lowest BCUT2D eigenvalue weighted by Gasteiger charge is -1.99. The van der Waals surface area contributed by atoms with Crippen molar-refractivity contribution in [3.05, 3.63) is 0 Å². The zero-order chi connectivity index (χ0) is 17.3. The molecule has 0 unspecified atom stereocenters. The van der Waals surface area contributed by atoms with E-state index in [4.69, 9.17) is 28.4 Å². The standard InChI is InChI=1S/C6H14O2.2C5H12O2.CH4/c1-3-7-5-6-8-4-2;2*1-3-7-5-4-6-2;/h3-6H2,1-2H3;2*3-5H2,1-2H3;1H4. The molecule has 0 aliphatic heterocycles. The van der Waals surface area contributed by atoms with Crippen molar-refractivity contribution in [1.29, 1.82) is 0 Å². The van der Waals surface area contributed by atoms with Crippen LogP contribution >= 0.6 is 0 Å². The molecule has 0 saturated carbocycles. The fraction of sp³-hybridized carbons (Fsp3) is 1.00. The van der Waals surface area contributed by atoms with Gasteiger partial charge in [-0.25, -0.2) is 0 Å². The van der Waals surface area contributed by atoms with Crippen LogP contribution < -0.4 is 0 Å². The van der Waals surface area contributed by atoms with Crippen LogP contribution in [0.1, 0.15) is 35.1 Å². The molecule has 6 heteroatoms. The third-order valence-corrected chi connectivity index (χ3v) is 2.05. The fourth-order valence-corrected chi connectivity index (χ4v) is 0.980. The first-order valence-electron chi connectivity index (χ1n) is 8.03. The lowest BCUT2D eigenvalue weighted by Crippen LogP contribution is -2.02. The zero-order valence-corrected chi connectivity index (χ0v) is 15.5. The highest BCUT2D eigenvalue weighted by molar-refractivity contribution is 4.25. The first-order chi connectivity index (χ1) is 10.7. The Bertz CT molecular complexity index is 123. The summed E-state index contributed by atoms with van der Waals surface area (Å²) in [6.45, 7) is 15.3. The van der Waals surface area contributed by atoms with E-state index in [0.717, 1.165) is 39.6 Å². The number of methoxy groups -OCH3 is 2. The average Bonchev–Trinajstić information content (AvgIpc) is 2.54. The van der Waals surface area contributed by atoms with Crippen molar-refractivity contribution in [2.45, 2.75) is 35.1 Å². The normalized spacial score (nSPS) is 9.13. The first kappa shape index (κ1) is 30.6. The highest BCUT2D eigenvalue weighted by Gasteiger charge is 1.81. The SMILES string of the molecule is C.CCOCCOC.CCOCCOC.CCOCCOCC. The second-order valence-corrected chi connectivity index (χ2v) is 3.77. The van der Waals surface area contributed by atoms with E-state index in [2.05, 4.69) is 0 Å². The Morgan fingerprint density at radius 2 is 0.652 bits per heavy atom. The molecule has 6 nitrogen and oxygen atoms in total. The predicted molar refractivity (Wildman–Crippen MR) is 96.5 cm³/mol. The number of rotatable bonds is 13. The summed E-state index contributed by atoms with van der Waals surface area (Å²) in [6.07, 6.45) is 0. The summed E-state index contributed by atoms with van der Waals surface area (Å²) in [6, 6.07) is 0. The van der Waals surface area contributed by atoms with Crippen LogP contribution in [0.2, 0.25) is 0 Å². The second kappa shape index (κ2) is 37.8. The fourth-order valence-electron chi connectivity index (χ4n) is 0.980. The van der Waals surface area contributed by atoms with Crippen molar-refractivity contribution in [3.8, 4) is 0 Å². The zero-order valence-electron chi connectivity index (χ0n) is 15.5. The first-order valence-corrected chi connectivity index (χ1v) is 8.03. The Labute approximate surface area is 144 Å². The molecule has 0 N–H and O–H groups in total. The summed E-state index contributed by atoms with van der Waals surface area (Å²) in [4.78, 5) is 0. The van der Waals surface area contributed by atoms with Crippen LogP contribution in [0.15, 0.2) is 0 Å². The summed E-state index contributed by atoms with van der Waals surface area (Å²) < 4.78 is 29.4. The molecule has 0 aromatic carbocycles. The molecule has 0 saturated heterocycles. The van der Waals surface area contributed by atoms with E-state index in [9.17, 15) is 0 Å². The molecular formula is C17H42O6. The Morgan fingerprint density at radius 1 is 0.435 bits per heavy atom. The average molecular weight is 343 g/mol. The van der Waals surface area contributed by atoms with Crippen molar-refractivity contribution in [2.75, 3.05) is 80.3 Å². The number of hydrogen-bond donors (Lipinski definition) is 0. The molecule has 0 aromatic heterocycles. The highest BCUT2D eigenvalue weighted by atomic mass is 16.5. The summed E-state index contributed by atoms with van der Waals surface area (Å²) in [5.74, 6) is 0. The minimum absolute atomic E-state index is 0. The maximum Gasteiger partial charge on any atom is 0.0700 e. The molecule has 23 heavy (non-hydrogen) atoms. The van der Waals surface area contributed by atoms with Gasteiger partial charge < -0.3 is 28.4 Å². The quantitative estimate of drug-likeness (QED) is 0.480. The Kier molecular flexibility index (Phi) is 50.3. The lowest BCUT2D eigenvalue weighted by molar-refractivity contribution is 0.0584. The van der Waals surface area contributed by atoms with Crippen LogP contribution in [0, 0.1) is 0 Å². The van der Waals surface area contributed by atoms with Crippen LogP contribution in [0.5, 0.6) is 0 Å². The molecule has 0 radical (unpaired) electrons.